The van der Waals surface area contributed by atoms with E-state index < -0.39 is 5.69 Å². The molecule has 2 fully saturated rings. The largest absolute Gasteiger partial charge is 0.338 e. The van der Waals surface area contributed by atoms with Crippen LogP contribution >= 0.6 is 11.6 Å². The molecular weight excluding hydrogens is 495 g/mol. The van der Waals surface area contributed by atoms with Gasteiger partial charge >= 0.3 is 5.69 Å². The van der Waals surface area contributed by atoms with Crippen molar-refractivity contribution in [2.75, 3.05) is 24.5 Å². The standard InChI is InChI=1S/C27H28ClFN6O2/c1-32-24-23(25(36)34(27(32)37)12-10-17-6-8-20(29)9-7-17)35(16-19-4-2-3-5-21(19)28)26(31-24)33-13-11-18-14-30-15-22(18)33/h2-9,18,22,30H,10-16H2,1H3. The normalized spacial score (nSPS) is 19.2. The third kappa shape index (κ3) is 4.16. The van der Waals surface area contributed by atoms with E-state index in [1.165, 1.54) is 21.3 Å². The van der Waals surface area contributed by atoms with E-state index in [-0.39, 0.29) is 17.9 Å². The van der Waals surface area contributed by atoms with E-state index in [4.69, 9.17) is 16.6 Å². The minimum atomic E-state index is -0.421. The molecule has 0 bridgehead atoms. The summed E-state index contributed by atoms with van der Waals surface area (Å²) in [5.41, 5.74) is 1.66. The highest BCUT2D eigenvalue weighted by atomic mass is 35.5. The quantitative estimate of drug-likeness (QED) is 0.421. The number of benzene rings is 2. The molecule has 2 aromatic heterocycles. The van der Waals surface area contributed by atoms with Crippen LogP contribution in [-0.2, 0) is 26.6 Å². The number of anilines is 1. The summed E-state index contributed by atoms with van der Waals surface area (Å²) >= 11 is 6.53. The average molecular weight is 523 g/mol. The number of aromatic nitrogens is 4. The molecule has 1 N–H and O–H groups in total. The lowest BCUT2D eigenvalue weighted by atomic mass is 10.1. The number of fused-ring (bicyclic) bond motifs is 2. The van der Waals surface area contributed by atoms with E-state index in [0.29, 0.717) is 47.1 Å². The molecule has 2 aliphatic heterocycles. The van der Waals surface area contributed by atoms with Crippen LogP contribution in [-0.4, -0.2) is 44.4 Å². The van der Waals surface area contributed by atoms with Crippen LogP contribution in [0, 0.1) is 11.7 Å². The monoisotopic (exact) mass is 522 g/mol. The number of halogens is 2. The van der Waals surface area contributed by atoms with Crippen LogP contribution in [0.3, 0.4) is 0 Å². The summed E-state index contributed by atoms with van der Waals surface area (Å²) in [7, 11) is 1.65. The minimum Gasteiger partial charge on any atom is -0.338 e. The Morgan fingerprint density at radius 3 is 2.65 bits per heavy atom. The number of nitrogens with one attached hydrogen (secondary N) is 1. The summed E-state index contributed by atoms with van der Waals surface area (Å²) in [6, 6.07) is 14.0. The second-order valence-electron chi connectivity index (χ2n) is 9.90. The van der Waals surface area contributed by atoms with E-state index in [1.807, 2.05) is 28.8 Å². The molecule has 2 unspecified atom stereocenters. The second-order valence-corrected chi connectivity index (χ2v) is 10.3. The second kappa shape index (κ2) is 9.46. The third-order valence-corrected chi connectivity index (χ3v) is 8.11. The van der Waals surface area contributed by atoms with Crippen LogP contribution in [0.4, 0.5) is 10.3 Å². The molecule has 2 aromatic carbocycles. The fourth-order valence-corrected chi connectivity index (χ4v) is 5.91. The van der Waals surface area contributed by atoms with Crippen molar-refractivity contribution in [3.05, 3.63) is 91.3 Å². The molecule has 2 aliphatic rings. The maximum Gasteiger partial charge on any atom is 0.332 e. The molecule has 10 heteroatoms. The highest BCUT2D eigenvalue weighted by Crippen LogP contribution is 2.33. The summed E-state index contributed by atoms with van der Waals surface area (Å²) in [6.45, 7) is 3.22. The van der Waals surface area contributed by atoms with Gasteiger partial charge in [0.05, 0.1) is 6.54 Å². The Labute approximate surface area is 217 Å². The van der Waals surface area contributed by atoms with Crippen LogP contribution in [0.25, 0.3) is 11.2 Å². The first-order valence-electron chi connectivity index (χ1n) is 12.6. The fraction of sp³-hybridized carbons (Fsp3) is 0.370. The predicted octanol–water partition coefficient (Wildman–Crippen LogP) is 2.78. The predicted molar refractivity (Wildman–Crippen MR) is 142 cm³/mol. The highest BCUT2D eigenvalue weighted by molar-refractivity contribution is 6.31. The van der Waals surface area contributed by atoms with Gasteiger partial charge < -0.3 is 10.2 Å². The summed E-state index contributed by atoms with van der Waals surface area (Å²) in [4.78, 5) is 34.4. The number of rotatable bonds is 6. The van der Waals surface area contributed by atoms with E-state index >= 15 is 0 Å². The zero-order chi connectivity index (χ0) is 25.7. The Morgan fingerprint density at radius 1 is 1.08 bits per heavy atom. The summed E-state index contributed by atoms with van der Waals surface area (Å²) in [5, 5.41) is 4.08. The van der Waals surface area contributed by atoms with Gasteiger partial charge in [0.1, 0.15) is 5.82 Å². The van der Waals surface area contributed by atoms with E-state index in [1.54, 1.807) is 19.2 Å². The Morgan fingerprint density at radius 2 is 1.86 bits per heavy atom. The Kier molecular flexibility index (Phi) is 6.12. The highest BCUT2D eigenvalue weighted by Gasteiger charge is 2.40. The van der Waals surface area contributed by atoms with Crippen molar-refractivity contribution in [2.24, 2.45) is 13.0 Å². The van der Waals surface area contributed by atoms with Crippen molar-refractivity contribution in [1.29, 1.82) is 0 Å². The molecule has 0 radical (unpaired) electrons. The number of imidazole rings is 1. The zero-order valence-corrected chi connectivity index (χ0v) is 21.3. The van der Waals surface area contributed by atoms with Gasteiger partial charge in [-0.3, -0.25) is 18.5 Å². The lowest BCUT2D eigenvalue weighted by molar-refractivity contribution is 0.572. The van der Waals surface area contributed by atoms with Crippen molar-refractivity contribution in [3.8, 4) is 0 Å². The topological polar surface area (TPSA) is 77.1 Å². The van der Waals surface area contributed by atoms with Crippen LogP contribution in [0.5, 0.6) is 0 Å². The maximum absolute atomic E-state index is 13.9. The Hall–Kier alpha value is -3.43. The molecule has 0 saturated carbocycles. The van der Waals surface area contributed by atoms with E-state index in [9.17, 15) is 14.0 Å². The van der Waals surface area contributed by atoms with Gasteiger partial charge in [0.2, 0.25) is 5.95 Å². The first kappa shape index (κ1) is 23.9. The maximum atomic E-state index is 13.9. The van der Waals surface area contributed by atoms with Gasteiger partial charge in [0, 0.05) is 44.3 Å². The van der Waals surface area contributed by atoms with Crippen molar-refractivity contribution < 1.29 is 4.39 Å². The summed E-state index contributed by atoms with van der Waals surface area (Å²) in [5.74, 6) is 0.898. The van der Waals surface area contributed by atoms with Gasteiger partial charge in [-0.25, -0.2) is 9.18 Å². The van der Waals surface area contributed by atoms with Gasteiger partial charge in [0.15, 0.2) is 11.2 Å². The molecule has 37 heavy (non-hydrogen) atoms. The fourth-order valence-electron chi connectivity index (χ4n) is 5.71. The van der Waals surface area contributed by atoms with E-state index in [2.05, 4.69) is 10.2 Å². The lowest BCUT2D eigenvalue weighted by Gasteiger charge is -2.25. The molecule has 0 spiro atoms. The van der Waals surface area contributed by atoms with Crippen LogP contribution < -0.4 is 21.5 Å². The zero-order valence-electron chi connectivity index (χ0n) is 20.5. The van der Waals surface area contributed by atoms with Gasteiger partial charge in [-0.2, -0.15) is 4.98 Å². The SMILES string of the molecule is Cn1c(=O)n(CCc2ccc(F)cc2)c(=O)c2c1nc(N1CCC3CNCC31)n2Cc1ccccc1Cl. The molecule has 4 aromatic rings. The molecule has 4 heterocycles. The molecule has 192 valence electrons. The van der Waals surface area contributed by atoms with Gasteiger partial charge in [-0.15, -0.1) is 0 Å². The van der Waals surface area contributed by atoms with Crippen LogP contribution in [0.2, 0.25) is 5.02 Å². The first-order chi connectivity index (χ1) is 17.9. The van der Waals surface area contributed by atoms with Crippen LogP contribution in [0.15, 0.2) is 58.1 Å². The molecule has 0 amide bonds. The number of nitrogens with zero attached hydrogens (tertiary/aromatic N) is 5. The smallest absolute Gasteiger partial charge is 0.332 e. The summed E-state index contributed by atoms with van der Waals surface area (Å²) in [6.07, 6.45) is 1.47. The first-order valence-corrected chi connectivity index (χ1v) is 13.0. The number of aryl methyl sites for hydroxylation is 2. The van der Waals surface area contributed by atoms with Crippen molar-refractivity contribution in [3.63, 3.8) is 0 Å². The average Bonchev–Trinajstić information content (AvgIpc) is 3.60. The Balaban J connectivity index is 1.50. The van der Waals surface area contributed by atoms with Crippen molar-refractivity contribution in [1.82, 2.24) is 24.0 Å². The summed E-state index contributed by atoms with van der Waals surface area (Å²) < 4.78 is 18.0. The lowest BCUT2D eigenvalue weighted by Crippen LogP contribution is -2.40. The molecule has 6 rings (SSSR count). The molecule has 2 atom stereocenters. The van der Waals surface area contributed by atoms with Gasteiger partial charge in [0.25, 0.3) is 5.56 Å². The van der Waals surface area contributed by atoms with Crippen LogP contribution in [0.1, 0.15) is 17.5 Å². The number of hydrogen-bond acceptors (Lipinski definition) is 5. The van der Waals surface area contributed by atoms with Gasteiger partial charge in [-0.1, -0.05) is 41.9 Å². The van der Waals surface area contributed by atoms with Gasteiger partial charge in [-0.05, 0) is 48.1 Å². The van der Waals surface area contributed by atoms with E-state index in [0.717, 1.165) is 37.2 Å². The Bertz CT molecular complexity index is 1590. The molecule has 8 nitrogen and oxygen atoms in total. The number of hydrogen-bond donors (Lipinski definition) is 1. The third-order valence-electron chi connectivity index (χ3n) is 7.74. The molecule has 0 aliphatic carbocycles. The minimum absolute atomic E-state index is 0.179. The van der Waals surface area contributed by atoms with Crippen molar-refractivity contribution >= 4 is 28.7 Å². The molecule has 2 saturated heterocycles. The van der Waals surface area contributed by atoms with Crippen molar-refractivity contribution in [2.45, 2.75) is 32.0 Å². The molecular formula is C27H28ClFN6O2.